The fourth-order valence-electron chi connectivity index (χ4n) is 19.9. The molecular formula is C129H86N3O3P3S3. The Hall–Kier alpha value is -16.0. The quantitative estimate of drug-likeness (QED) is 0.0844. The first-order valence-corrected chi connectivity index (χ1v) is 54.7. The van der Waals surface area contributed by atoms with Gasteiger partial charge in [-0.15, -0.1) is 34.0 Å². The lowest BCUT2D eigenvalue weighted by Crippen LogP contribution is -2.25. The van der Waals surface area contributed by atoms with Gasteiger partial charge in [-0.1, -0.05) is 473 Å². The average Bonchev–Trinajstić information content (AvgIpc) is 1.60. The molecule has 0 bridgehead atoms. The number of nitrogens with zero attached hydrogens (tertiary/aromatic N) is 3. The summed E-state index contributed by atoms with van der Waals surface area (Å²) in [6.45, 7) is 0. The van der Waals surface area contributed by atoms with Gasteiger partial charge in [0.25, 0.3) is 0 Å². The molecule has 0 unspecified atom stereocenters. The van der Waals surface area contributed by atoms with Crippen LogP contribution in [0.2, 0.25) is 0 Å². The lowest BCUT2D eigenvalue weighted by molar-refractivity contribution is 0.591. The summed E-state index contributed by atoms with van der Waals surface area (Å²) in [6, 6.07) is 178. The van der Waals surface area contributed by atoms with Gasteiger partial charge in [0.15, 0.2) is 21.4 Å². The molecule has 0 aliphatic carbocycles. The van der Waals surface area contributed by atoms with Crippen molar-refractivity contribution in [2.75, 3.05) is 0 Å². The largest absolute Gasteiger partial charge is 0.309 e. The van der Waals surface area contributed by atoms with Crippen molar-refractivity contribution in [1.29, 1.82) is 0 Å². The SMILES string of the molecule is O=P(c1ccccc1)(c1ccccc1)c1ccc(-c2ccc(-c3ccc4c(c3)nc(-c3ccccc3)c3sc5ccccc5c34)cc2)cc1.O=P(c1ccccc1)(c1ccccc1)c1ccc(-c2ccc3c(c2)nc(-c2ccccc2)c2sc4ccccc4c23)cc1.O=P(c1ccccc1)(c1ccccc1)c1cccc(-c2cccc(-c3ccc4c(c3)nc(-c3ccccc3)c3sc5ccccc5c34)c2)c1. The standard InChI is InChI=1S/2C45H30NOPS.C39H26NOPS/c47-48(36-19-6-2-7-20-36,37-21-8-3-9-22-37)38-23-13-18-34(29-38)32-16-12-17-33(28-32)35-26-27-39-41(30-35)46-44(31-14-4-1-5-15-31)45-43(39)40-24-10-11-25-42(40)49-45;47-48(36-14-6-2-7-15-36,37-16-8-3-9-17-37)38-27-24-32(25-28-38)31-20-22-33(23-21-31)35-26-29-39-41(30-35)46-44(34-12-4-1-5-13-34)45-43(39)40-18-10-11-19-42(40)49-45;41-42(30-14-6-2-7-15-30,31-16-8-3-9-17-31)32-23-20-27(21-24-32)29-22-25-33-35(26-29)40-38(28-12-4-1-5-13-28)39-37(33)34-18-10-11-19-36(34)43-39/h2*1-30H;1-26H. The van der Waals surface area contributed by atoms with Crippen molar-refractivity contribution < 1.29 is 13.7 Å². The van der Waals surface area contributed by atoms with Gasteiger partial charge in [0.05, 0.1) is 47.7 Å². The van der Waals surface area contributed by atoms with Gasteiger partial charge < -0.3 is 13.7 Å². The minimum atomic E-state index is -3.09. The highest BCUT2D eigenvalue weighted by molar-refractivity contribution is 7.86. The van der Waals surface area contributed by atoms with Gasteiger partial charge in [-0.25, -0.2) is 15.0 Å². The maximum Gasteiger partial charge on any atom is 0.171 e. The van der Waals surface area contributed by atoms with E-state index in [0.29, 0.717) is 0 Å². The summed E-state index contributed by atoms with van der Waals surface area (Å²) in [5.74, 6) is 0. The van der Waals surface area contributed by atoms with Crippen molar-refractivity contribution in [2.45, 2.75) is 0 Å². The van der Waals surface area contributed by atoms with Gasteiger partial charge in [-0.05, 0) is 104 Å². The number of aromatic nitrogens is 3. The molecule has 6 nitrogen and oxygen atoms in total. The van der Waals surface area contributed by atoms with E-state index in [2.05, 4.69) is 297 Å². The van der Waals surface area contributed by atoms with Gasteiger partial charge in [-0.3, -0.25) is 0 Å². The molecule has 0 fully saturated rings. The minimum Gasteiger partial charge on any atom is -0.309 e. The molecule has 0 aliphatic rings. The van der Waals surface area contributed by atoms with Crippen LogP contribution in [0.4, 0.5) is 0 Å². The van der Waals surface area contributed by atoms with E-state index in [9.17, 15) is 9.13 Å². The number of thiophene rings is 3. The van der Waals surface area contributed by atoms with Crippen molar-refractivity contribution in [3.05, 3.63) is 522 Å². The second-order valence-electron chi connectivity index (χ2n) is 35.2. The molecule has 668 valence electrons. The molecule has 0 amide bonds. The molecule has 0 aliphatic heterocycles. The predicted octanol–water partition coefficient (Wildman–Crippen LogP) is 32.1. The molecular weight excluding hydrogens is 1830 g/mol. The highest BCUT2D eigenvalue weighted by Crippen LogP contribution is 2.51. The highest BCUT2D eigenvalue weighted by atomic mass is 32.1. The highest BCUT2D eigenvalue weighted by Gasteiger charge is 2.34. The third kappa shape index (κ3) is 16.3. The second kappa shape index (κ2) is 37.7. The number of hydrogen-bond acceptors (Lipinski definition) is 9. The third-order valence-corrected chi connectivity index (χ3v) is 39.6. The number of fused-ring (bicyclic) bond motifs is 15. The van der Waals surface area contributed by atoms with Crippen molar-refractivity contribution >= 4 is 196 Å². The van der Waals surface area contributed by atoms with E-state index < -0.39 is 21.4 Å². The van der Waals surface area contributed by atoms with Gasteiger partial charge in [0, 0.05) is 127 Å². The fourth-order valence-corrected chi connectivity index (χ4v) is 31.6. The first kappa shape index (κ1) is 87.7. The molecule has 12 heteroatoms. The Morgan fingerprint density at radius 2 is 0.348 bits per heavy atom. The lowest BCUT2D eigenvalue weighted by Gasteiger charge is -2.20. The van der Waals surface area contributed by atoms with Crippen LogP contribution in [0.5, 0.6) is 0 Å². The van der Waals surface area contributed by atoms with E-state index in [-0.39, 0.29) is 0 Å². The van der Waals surface area contributed by atoms with E-state index in [1.165, 1.54) is 65.9 Å². The van der Waals surface area contributed by atoms with Gasteiger partial charge in [-0.2, -0.15) is 0 Å². The molecule has 26 aromatic rings. The Morgan fingerprint density at radius 1 is 0.149 bits per heavy atom. The van der Waals surface area contributed by atoms with Crippen LogP contribution in [0.1, 0.15) is 0 Å². The summed E-state index contributed by atoms with van der Waals surface area (Å²) < 4.78 is 52.2. The zero-order valence-electron chi connectivity index (χ0n) is 76.3. The number of hydrogen-bond donors (Lipinski definition) is 0. The Morgan fingerprint density at radius 3 is 0.645 bits per heavy atom. The summed E-state index contributed by atoms with van der Waals surface area (Å²) in [6.07, 6.45) is 0. The van der Waals surface area contributed by atoms with Crippen LogP contribution in [-0.4, -0.2) is 15.0 Å². The Bertz CT molecular complexity index is 9220. The lowest BCUT2D eigenvalue weighted by atomic mass is 9.97. The van der Waals surface area contributed by atoms with E-state index in [1.807, 2.05) is 258 Å². The molecule has 0 saturated carbocycles. The molecule has 6 heterocycles. The van der Waals surface area contributed by atoms with Crippen molar-refractivity contribution in [3.63, 3.8) is 0 Å². The fraction of sp³-hybridized carbons (Fsp3) is 0. The van der Waals surface area contributed by atoms with Gasteiger partial charge in [0.1, 0.15) is 0 Å². The summed E-state index contributed by atoms with van der Waals surface area (Å²) in [4.78, 5) is 15.8. The topological polar surface area (TPSA) is 89.9 Å². The smallest absolute Gasteiger partial charge is 0.171 e. The molecule has 0 N–H and O–H groups in total. The van der Waals surface area contributed by atoms with Crippen molar-refractivity contribution in [3.8, 4) is 89.4 Å². The minimum absolute atomic E-state index is 0.822. The number of benzene rings is 20. The Balaban J connectivity index is 0.000000115. The molecule has 26 rings (SSSR count). The van der Waals surface area contributed by atoms with Crippen LogP contribution < -0.4 is 47.7 Å². The normalized spacial score (nSPS) is 11.8. The Kier molecular flexibility index (Phi) is 23.5. The van der Waals surface area contributed by atoms with Gasteiger partial charge >= 0.3 is 0 Å². The maximum absolute atomic E-state index is 15.1. The zero-order chi connectivity index (χ0) is 94.4. The molecule has 0 spiro atoms. The molecule has 0 saturated heterocycles. The van der Waals surface area contributed by atoms with Crippen LogP contribution >= 0.6 is 55.4 Å². The zero-order valence-corrected chi connectivity index (χ0v) is 81.4. The van der Waals surface area contributed by atoms with Crippen molar-refractivity contribution in [2.24, 2.45) is 0 Å². The average molecular weight is 1920 g/mol. The summed E-state index contributed by atoms with van der Waals surface area (Å²) in [5, 5.41) is 18.6. The number of rotatable bonds is 17. The van der Waals surface area contributed by atoms with Crippen LogP contribution in [0.3, 0.4) is 0 Å². The van der Waals surface area contributed by atoms with Crippen molar-refractivity contribution in [1.82, 2.24) is 15.0 Å². The number of pyridine rings is 3. The first-order chi connectivity index (χ1) is 69.5. The third-order valence-electron chi connectivity index (χ3n) is 26.9. The van der Waals surface area contributed by atoms with E-state index in [0.717, 1.165) is 164 Å². The summed E-state index contributed by atoms with van der Waals surface area (Å²) in [5.41, 5.74) is 20.3. The van der Waals surface area contributed by atoms with E-state index >= 15 is 4.57 Å². The molecule has 141 heavy (non-hydrogen) atoms. The summed E-state index contributed by atoms with van der Waals surface area (Å²) in [7, 11) is -9.12. The molecule has 6 aromatic heterocycles. The van der Waals surface area contributed by atoms with E-state index in [4.69, 9.17) is 15.0 Å². The van der Waals surface area contributed by atoms with Crippen LogP contribution in [-0.2, 0) is 13.7 Å². The maximum atomic E-state index is 15.1. The van der Waals surface area contributed by atoms with Crippen LogP contribution in [0.25, 0.3) is 183 Å². The van der Waals surface area contributed by atoms with Gasteiger partial charge in [0.2, 0.25) is 0 Å². The Labute approximate surface area is 829 Å². The molecule has 0 atom stereocenters. The first-order valence-electron chi connectivity index (χ1n) is 47.1. The second-order valence-corrected chi connectivity index (χ2v) is 46.7. The summed E-state index contributed by atoms with van der Waals surface area (Å²) >= 11 is 5.44. The van der Waals surface area contributed by atoms with E-state index in [1.54, 1.807) is 0 Å². The molecule has 0 radical (unpaired) electrons. The van der Waals surface area contributed by atoms with Crippen LogP contribution in [0, 0.1) is 0 Å². The van der Waals surface area contributed by atoms with Crippen LogP contribution in [0.15, 0.2) is 522 Å². The predicted molar refractivity (Wildman–Crippen MR) is 606 cm³/mol. The molecule has 20 aromatic carbocycles. The monoisotopic (exact) mass is 1910 g/mol.